The van der Waals surface area contributed by atoms with Crippen LogP contribution in [0.2, 0.25) is 0 Å². The highest BCUT2D eigenvalue weighted by atomic mass is 32.2. The molecule has 36 heavy (non-hydrogen) atoms. The molecule has 3 rings (SSSR count). The smallest absolute Gasteiger partial charge is 0.258 e. The number of benzene rings is 3. The first-order chi connectivity index (χ1) is 16.8. The molecule has 0 saturated carbocycles. The SMILES string of the molecule is [CH2]N(C(=S)N(c1ccc(F)cc1)S(=O)(=O)c1ccc([N+](=O)[O-])cc1)S(=O)(=O)c1ccc([N+](=O)[O-])cc1. The van der Waals surface area contributed by atoms with Crippen molar-refractivity contribution < 1.29 is 31.1 Å². The highest BCUT2D eigenvalue weighted by Crippen LogP contribution is 2.29. The molecule has 0 saturated heterocycles. The normalized spacial score (nSPS) is 11.5. The molecule has 0 spiro atoms. The second-order valence-electron chi connectivity index (χ2n) is 6.88. The van der Waals surface area contributed by atoms with Gasteiger partial charge in [-0.05, 0) is 60.7 Å². The van der Waals surface area contributed by atoms with Crippen LogP contribution in [0.25, 0.3) is 0 Å². The summed E-state index contributed by atoms with van der Waals surface area (Å²) in [6.45, 7) is 0. The number of hydrogen-bond donors (Lipinski definition) is 0. The number of nitro groups is 2. The molecule has 0 unspecified atom stereocenters. The van der Waals surface area contributed by atoms with Gasteiger partial charge < -0.3 is 0 Å². The van der Waals surface area contributed by atoms with Gasteiger partial charge in [-0.1, -0.05) is 0 Å². The van der Waals surface area contributed by atoms with Crippen molar-refractivity contribution in [3.63, 3.8) is 0 Å². The fraction of sp³-hybridized carbons (Fsp3) is 0. The van der Waals surface area contributed by atoms with E-state index in [2.05, 4.69) is 7.05 Å². The van der Waals surface area contributed by atoms with E-state index in [4.69, 9.17) is 12.2 Å². The molecule has 0 aliphatic heterocycles. The highest BCUT2D eigenvalue weighted by Gasteiger charge is 2.35. The van der Waals surface area contributed by atoms with Gasteiger partial charge in [0.2, 0.25) is 5.11 Å². The van der Waals surface area contributed by atoms with Crippen LogP contribution in [0.1, 0.15) is 0 Å². The quantitative estimate of drug-likeness (QED) is 0.242. The number of sulfonamides is 2. The molecule has 0 amide bonds. The first kappa shape index (κ1) is 26.6. The van der Waals surface area contributed by atoms with Gasteiger partial charge in [-0.2, -0.15) is 0 Å². The minimum atomic E-state index is -4.70. The van der Waals surface area contributed by atoms with Gasteiger partial charge >= 0.3 is 0 Å². The van der Waals surface area contributed by atoms with Crippen molar-refractivity contribution in [2.24, 2.45) is 0 Å². The van der Waals surface area contributed by atoms with Crippen molar-refractivity contribution in [1.82, 2.24) is 4.31 Å². The number of non-ortho nitro benzene ring substituents is 2. The lowest BCUT2D eigenvalue weighted by Crippen LogP contribution is -2.46. The van der Waals surface area contributed by atoms with Crippen LogP contribution < -0.4 is 4.31 Å². The number of thiocarbonyl (C=S) groups is 1. The maximum Gasteiger partial charge on any atom is 0.270 e. The van der Waals surface area contributed by atoms with E-state index in [0.717, 1.165) is 72.8 Å². The average molecular weight is 554 g/mol. The molecule has 0 aliphatic rings. The van der Waals surface area contributed by atoms with Gasteiger partial charge in [-0.15, -0.1) is 0 Å². The van der Waals surface area contributed by atoms with Crippen LogP contribution in [0, 0.1) is 33.1 Å². The summed E-state index contributed by atoms with van der Waals surface area (Å²) in [6.07, 6.45) is 0. The standard InChI is InChI=1S/C20H14FN4O8S3/c1-22(35(30,31)18-10-6-16(7-11-18)24(26)27)20(34)23(15-4-2-14(21)3-5-15)36(32,33)19-12-8-17(9-13-19)25(28)29/h2-13H,1H2. The van der Waals surface area contributed by atoms with E-state index in [1.165, 1.54) is 0 Å². The third kappa shape index (κ3) is 5.14. The zero-order valence-corrected chi connectivity index (χ0v) is 20.2. The predicted molar refractivity (Wildman–Crippen MR) is 129 cm³/mol. The minimum Gasteiger partial charge on any atom is -0.258 e. The van der Waals surface area contributed by atoms with Gasteiger partial charge in [0, 0.05) is 24.3 Å². The van der Waals surface area contributed by atoms with Gasteiger partial charge in [0.05, 0.1) is 32.4 Å². The van der Waals surface area contributed by atoms with E-state index in [9.17, 15) is 41.5 Å². The lowest BCUT2D eigenvalue weighted by molar-refractivity contribution is -0.385. The fourth-order valence-electron chi connectivity index (χ4n) is 2.84. The molecule has 3 aromatic rings. The molecule has 187 valence electrons. The first-order valence-corrected chi connectivity index (χ1v) is 12.8. The van der Waals surface area contributed by atoms with Gasteiger partial charge in [0.1, 0.15) is 5.82 Å². The summed E-state index contributed by atoms with van der Waals surface area (Å²) < 4.78 is 67.2. The summed E-state index contributed by atoms with van der Waals surface area (Å²) in [5.74, 6) is -0.720. The van der Waals surface area contributed by atoms with E-state index in [1.807, 2.05) is 0 Å². The molecule has 0 heterocycles. The number of hydrogen-bond acceptors (Lipinski definition) is 9. The summed E-state index contributed by atoms with van der Waals surface area (Å²) in [6, 6.07) is 11.3. The van der Waals surface area contributed by atoms with Crippen molar-refractivity contribution in [2.45, 2.75) is 9.79 Å². The van der Waals surface area contributed by atoms with Crippen LogP contribution in [0.5, 0.6) is 0 Å². The zero-order valence-electron chi connectivity index (χ0n) is 17.8. The number of halogens is 1. The Kier molecular flexibility index (Phi) is 7.33. The van der Waals surface area contributed by atoms with Crippen LogP contribution in [0.4, 0.5) is 21.5 Å². The van der Waals surface area contributed by atoms with Crippen molar-refractivity contribution in [1.29, 1.82) is 0 Å². The summed E-state index contributed by atoms with van der Waals surface area (Å²) in [4.78, 5) is 19.3. The predicted octanol–water partition coefficient (Wildman–Crippen LogP) is 3.60. The molecule has 0 N–H and O–H groups in total. The average Bonchev–Trinajstić information content (AvgIpc) is 2.84. The van der Waals surface area contributed by atoms with Crippen LogP contribution in [-0.2, 0) is 20.0 Å². The maximum absolute atomic E-state index is 13.5. The molecule has 0 fully saturated rings. The number of rotatable bonds is 7. The molecule has 0 bridgehead atoms. The van der Waals surface area contributed by atoms with Crippen molar-refractivity contribution in [3.05, 3.63) is 106 Å². The van der Waals surface area contributed by atoms with Crippen molar-refractivity contribution in [3.8, 4) is 0 Å². The Bertz CT molecular complexity index is 1540. The second kappa shape index (κ2) is 9.92. The number of anilines is 1. The van der Waals surface area contributed by atoms with Gasteiger partial charge in [0.25, 0.3) is 31.4 Å². The molecule has 0 aliphatic carbocycles. The van der Waals surface area contributed by atoms with Gasteiger partial charge in [-0.25, -0.2) is 29.8 Å². The van der Waals surface area contributed by atoms with Crippen LogP contribution in [0.3, 0.4) is 0 Å². The molecule has 0 atom stereocenters. The van der Waals surface area contributed by atoms with Crippen molar-refractivity contribution >= 4 is 54.4 Å². The van der Waals surface area contributed by atoms with Crippen LogP contribution in [0.15, 0.2) is 82.6 Å². The summed E-state index contributed by atoms with van der Waals surface area (Å²) in [7, 11) is -5.96. The number of nitro benzene ring substituents is 2. The highest BCUT2D eigenvalue weighted by molar-refractivity contribution is 7.96. The van der Waals surface area contributed by atoms with Crippen LogP contribution in [-0.4, -0.2) is 36.1 Å². The lowest BCUT2D eigenvalue weighted by Gasteiger charge is -2.30. The zero-order chi connectivity index (χ0) is 26.8. The summed E-state index contributed by atoms with van der Waals surface area (Å²) in [5, 5.41) is 20.9. The van der Waals surface area contributed by atoms with Crippen LogP contribution >= 0.6 is 12.2 Å². The van der Waals surface area contributed by atoms with Crippen molar-refractivity contribution in [2.75, 3.05) is 4.31 Å². The van der Waals surface area contributed by atoms with E-state index in [1.54, 1.807) is 0 Å². The molecule has 16 heteroatoms. The fourth-order valence-corrected chi connectivity index (χ4v) is 6.01. The lowest BCUT2D eigenvalue weighted by atomic mass is 10.3. The summed E-state index contributed by atoms with van der Waals surface area (Å²) in [5.41, 5.74) is -1.04. The Morgan fingerprint density at radius 3 is 1.53 bits per heavy atom. The maximum atomic E-state index is 13.5. The topological polar surface area (TPSA) is 161 Å². The Morgan fingerprint density at radius 1 is 0.750 bits per heavy atom. The Labute approximate surface area is 209 Å². The summed E-state index contributed by atoms with van der Waals surface area (Å²) >= 11 is 5.16. The third-order valence-electron chi connectivity index (χ3n) is 4.67. The molecule has 1 radical (unpaired) electrons. The number of nitrogens with zero attached hydrogens (tertiary/aromatic N) is 4. The van der Waals surface area contributed by atoms with E-state index < -0.39 is 56.3 Å². The van der Waals surface area contributed by atoms with Gasteiger partial charge in [-0.3, -0.25) is 20.2 Å². The molecular weight excluding hydrogens is 539 g/mol. The monoisotopic (exact) mass is 553 g/mol. The minimum absolute atomic E-state index is 0.218. The Balaban J connectivity index is 2.10. The second-order valence-corrected chi connectivity index (χ2v) is 10.9. The largest absolute Gasteiger partial charge is 0.270 e. The Hall–Kier alpha value is -4.02. The Morgan fingerprint density at radius 2 is 1.14 bits per heavy atom. The molecule has 0 aromatic heterocycles. The first-order valence-electron chi connectivity index (χ1n) is 9.46. The molecular formula is C20H14FN4O8S3. The van der Waals surface area contributed by atoms with E-state index in [-0.39, 0.29) is 15.7 Å². The van der Waals surface area contributed by atoms with Gasteiger partial charge in [0.15, 0.2) is 0 Å². The van der Waals surface area contributed by atoms with E-state index in [0.29, 0.717) is 4.31 Å². The third-order valence-corrected chi connectivity index (χ3v) is 8.66. The van der Waals surface area contributed by atoms with E-state index >= 15 is 0 Å². The molecule has 3 aromatic carbocycles. The molecule has 12 nitrogen and oxygen atoms in total.